The molecule has 5 rings (SSSR count). The predicted molar refractivity (Wildman–Crippen MR) is 108 cm³/mol. The molecule has 8 heteroatoms. The van der Waals surface area contributed by atoms with Gasteiger partial charge in [0.2, 0.25) is 4.96 Å². The number of halogens is 1. The van der Waals surface area contributed by atoms with Crippen molar-refractivity contribution >= 4 is 34.0 Å². The Morgan fingerprint density at radius 1 is 1.00 bits per heavy atom. The van der Waals surface area contributed by atoms with Crippen LogP contribution in [0.25, 0.3) is 33.7 Å². The molecule has 0 aliphatic rings. The van der Waals surface area contributed by atoms with E-state index in [4.69, 9.17) is 16.0 Å². The molecule has 4 aromatic heterocycles. The standard InChI is InChI=1S/C20H11ClN4O2S/c21-14-3-1-12(2-4-14)16-6-5-15(27-16)11-17-19(26)25-20(28-17)23-18(24-25)13-7-9-22-10-8-13/h1-11H/b17-11-. The predicted octanol–water partition coefficient (Wildman–Crippen LogP) is 3.67. The number of aromatic nitrogens is 4. The van der Waals surface area contributed by atoms with Gasteiger partial charge >= 0.3 is 0 Å². The van der Waals surface area contributed by atoms with Gasteiger partial charge in [-0.1, -0.05) is 22.9 Å². The van der Waals surface area contributed by atoms with Crippen molar-refractivity contribution in [3.05, 3.63) is 86.6 Å². The molecule has 0 saturated carbocycles. The average Bonchev–Trinajstić information content (AvgIpc) is 3.41. The van der Waals surface area contributed by atoms with Crippen molar-refractivity contribution < 1.29 is 4.42 Å². The van der Waals surface area contributed by atoms with Gasteiger partial charge in [0.1, 0.15) is 16.1 Å². The van der Waals surface area contributed by atoms with Gasteiger partial charge in [-0.2, -0.15) is 9.50 Å². The van der Waals surface area contributed by atoms with Crippen LogP contribution >= 0.6 is 22.9 Å². The van der Waals surface area contributed by atoms with Crippen molar-refractivity contribution in [3.8, 4) is 22.7 Å². The first-order chi connectivity index (χ1) is 13.7. The topological polar surface area (TPSA) is 73.3 Å². The third kappa shape index (κ3) is 3.00. The van der Waals surface area contributed by atoms with Crippen LogP contribution in [0.1, 0.15) is 5.76 Å². The first-order valence-corrected chi connectivity index (χ1v) is 9.54. The van der Waals surface area contributed by atoms with Crippen LogP contribution in [-0.4, -0.2) is 19.6 Å². The van der Waals surface area contributed by atoms with Gasteiger partial charge in [-0.05, 0) is 48.5 Å². The second-order valence-electron chi connectivity index (χ2n) is 5.99. The average molecular weight is 407 g/mol. The fraction of sp³-hybridized carbons (Fsp3) is 0. The van der Waals surface area contributed by atoms with Crippen molar-refractivity contribution in [2.24, 2.45) is 0 Å². The summed E-state index contributed by atoms with van der Waals surface area (Å²) in [7, 11) is 0. The summed E-state index contributed by atoms with van der Waals surface area (Å²) in [5, 5.41) is 4.98. The second kappa shape index (κ2) is 6.70. The fourth-order valence-corrected chi connectivity index (χ4v) is 3.80. The van der Waals surface area contributed by atoms with E-state index in [2.05, 4.69) is 15.1 Å². The molecule has 0 radical (unpaired) electrons. The van der Waals surface area contributed by atoms with Gasteiger partial charge in [-0.25, -0.2) is 0 Å². The van der Waals surface area contributed by atoms with Crippen LogP contribution in [0.5, 0.6) is 0 Å². The molecule has 1 aromatic carbocycles. The number of furan rings is 1. The van der Waals surface area contributed by atoms with Gasteiger partial charge < -0.3 is 4.42 Å². The van der Waals surface area contributed by atoms with Crippen molar-refractivity contribution in [3.63, 3.8) is 0 Å². The summed E-state index contributed by atoms with van der Waals surface area (Å²) in [6, 6.07) is 14.7. The molecule has 0 saturated heterocycles. The highest BCUT2D eigenvalue weighted by Crippen LogP contribution is 2.24. The summed E-state index contributed by atoms with van der Waals surface area (Å²) in [6.45, 7) is 0. The summed E-state index contributed by atoms with van der Waals surface area (Å²) in [6.07, 6.45) is 5.03. The maximum absolute atomic E-state index is 12.7. The number of rotatable bonds is 3. The van der Waals surface area contributed by atoms with Crippen molar-refractivity contribution in [1.82, 2.24) is 19.6 Å². The number of thiazole rings is 1. The number of pyridine rings is 1. The smallest absolute Gasteiger partial charge is 0.291 e. The van der Waals surface area contributed by atoms with Gasteiger partial charge in [-0.15, -0.1) is 5.10 Å². The Hall–Kier alpha value is -3.29. The molecule has 6 nitrogen and oxygen atoms in total. The third-order valence-corrected chi connectivity index (χ3v) is 5.36. The normalized spacial score (nSPS) is 12.1. The van der Waals surface area contributed by atoms with Gasteiger partial charge in [0.15, 0.2) is 5.82 Å². The second-order valence-corrected chi connectivity index (χ2v) is 7.44. The van der Waals surface area contributed by atoms with E-state index < -0.39 is 0 Å². The number of benzene rings is 1. The highest BCUT2D eigenvalue weighted by Gasteiger charge is 2.12. The van der Waals surface area contributed by atoms with Gasteiger partial charge in [0, 0.05) is 34.6 Å². The number of hydrogen-bond acceptors (Lipinski definition) is 6. The Balaban J connectivity index is 1.52. The Morgan fingerprint density at radius 2 is 1.79 bits per heavy atom. The SMILES string of the molecule is O=c1/c(=C/c2ccc(-c3ccc(Cl)cc3)o2)sc2nc(-c3ccncc3)nn12. The molecule has 0 bridgehead atoms. The zero-order chi connectivity index (χ0) is 19.1. The maximum Gasteiger partial charge on any atom is 0.291 e. The van der Waals surface area contributed by atoms with Gasteiger partial charge in [-0.3, -0.25) is 9.78 Å². The molecule has 28 heavy (non-hydrogen) atoms. The van der Waals surface area contributed by atoms with Crippen LogP contribution in [0.15, 0.2) is 70.1 Å². The van der Waals surface area contributed by atoms with Crippen LogP contribution in [-0.2, 0) is 0 Å². The molecule has 0 spiro atoms. The molecular formula is C20H11ClN4O2S. The molecule has 0 atom stereocenters. The summed E-state index contributed by atoms with van der Waals surface area (Å²) >= 11 is 7.19. The molecule has 0 aliphatic carbocycles. The minimum Gasteiger partial charge on any atom is -0.457 e. The third-order valence-electron chi connectivity index (χ3n) is 4.15. The maximum atomic E-state index is 12.7. The number of fused-ring (bicyclic) bond motifs is 1. The summed E-state index contributed by atoms with van der Waals surface area (Å²) in [4.78, 5) is 21.6. The van der Waals surface area contributed by atoms with Crippen molar-refractivity contribution in [2.45, 2.75) is 0 Å². The van der Waals surface area contributed by atoms with Gasteiger partial charge in [0.05, 0.1) is 0 Å². The molecule has 0 unspecified atom stereocenters. The highest BCUT2D eigenvalue weighted by atomic mass is 35.5. The van der Waals surface area contributed by atoms with Crippen molar-refractivity contribution in [2.75, 3.05) is 0 Å². The molecule has 0 N–H and O–H groups in total. The van der Waals surface area contributed by atoms with Crippen LogP contribution in [0, 0.1) is 0 Å². The number of hydrogen-bond donors (Lipinski definition) is 0. The molecule has 0 fully saturated rings. The quantitative estimate of drug-likeness (QED) is 0.457. The highest BCUT2D eigenvalue weighted by molar-refractivity contribution is 7.15. The lowest BCUT2D eigenvalue weighted by atomic mass is 10.2. The van der Waals surface area contributed by atoms with Crippen molar-refractivity contribution in [1.29, 1.82) is 0 Å². The lowest BCUT2D eigenvalue weighted by molar-refractivity contribution is 0.571. The van der Waals surface area contributed by atoms with E-state index in [1.54, 1.807) is 42.7 Å². The molecule has 5 aromatic rings. The Bertz CT molecular complexity index is 1390. The summed E-state index contributed by atoms with van der Waals surface area (Å²) in [5.41, 5.74) is 1.50. The van der Waals surface area contributed by atoms with E-state index in [0.29, 0.717) is 31.9 Å². The van der Waals surface area contributed by atoms with Gasteiger partial charge in [0.25, 0.3) is 5.56 Å². The minimum absolute atomic E-state index is 0.225. The first-order valence-electron chi connectivity index (χ1n) is 8.35. The molecular weight excluding hydrogens is 396 g/mol. The number of nitrogens with zero attached hydrogens (tertiary/aromatic N) is 4. The molecule has 0 amide bonds. The van der Waals surface area contributed by atoms with E-state index in [1.807, 2.05) is 24.3 Å². The Labute approximate surface area is 167 Å². The van der Waals surface area contributed by atoms with E-state index in [0.717, 1.165) is 11.1 Å². The lowest BCUT2D eigenvalue weighted by Crippen LogP contribution is -2.23. The molecule has 0 aliphatic heterocycles. The van der Waals surface area contributed by atoms with E-state index in [9.17, 15) is 4.79 Å². The minimum atomic E-state index is -0.225. The summed E-state index contributed by atoms with van der Waals surface area (Å²) < 4.78 is 7.67. The largest absolute Gasteiger partial charge is 0.457 e. The summed E-state index contributed by atoms with van der Waals surface area (Å²) in [5.74, 6) is 1.79. The fourth-order valence-electron chi connectivity index (χ4n) is 2.79. The van der Waals surface area contributed by atoms with Crippen LogP contribution < -0.4 is 10.1 Å². The van der Waals surface area contributed by atoms with Crippen LogP contribution in [0.4, 0.5) is 0 Å². The zero-order valence-corrected chi connectivity index (χ0v) is 15.8. The van der Waals surface area contributed by atoms with E-state index in [-0.39, 0.29) is 5.56 Å². The Morgan fingerprint density at radius 3 is 2.54 bits per heavy atom. The zero-order valence-electron chi connectivity index (χ0n) is 14.2. The Kier molecular flexibility index (Phi) is 4.03. The van der Waals surface area contributed by atoms with Crippen LogP contribution in [0.2, 0.25) is 5.02 Å². The molecule has 4 heterocycles. The van der Waals surface area contributed by atoms with Crippen LogP contribution in [0.3, 0.4) is 0 Å². The lowest BCUT2D eigenvalue weighted by Gasteiger charge is -1.96. The van der Waals surface area contributed by atoms with E-state index in [1.165, 1.54) is 15.9 Å². The first kappa shape index (κ1) is 16.9. The monoisotopic (exact) mass is 406 g/mol. The van der Waals surface area contributed by atoms with E-state index >= 15 is 0 Å². The molecule has 136 valence electrons.